The molecule has 0 saturated heterocycles. The normalized spacial score (nSPS) is 33.2. The van der Waals surface area contributed by atoms with E-state index in [-0.39, 0.29) is 23.9 Å². The van der Waals surface area contributed by atoms with Gasteiger partial charge in [0.1, 0.15) is 0 Å². The quantitative estimate of drug-likeness (QED) is 0.739. The third-order valence-electron chi connectivity index (χ3n) is 4.35. The lowest BCUT2D eigenvalue weighted by Crippen LogP contribution is -2.37. The second-order valence-corrected chi connectivity index (χ2v) is 5.73. The number of aliphatic hydroxyl groups is 1. The summed E-state index contributed by atoms with van der Waals surface area (Å²) in [6.45, 7) is 0. The number of aliphatic hydroxyl groups excluding tert-OH is 1. The van der Waals surface area contributed by atoms with Gasteiger partial charge in [-0.05, 0) is 30.4 Å². The van der Waals surface area contributed by atoms with E-state index in [1.54, 1.807) is 0 Å². The van der Waals surface area contributed by atoms with Crippen LogP contribution in [0.3, 0.4) is 0 Å². The maximum atomic E-state index is 12.2. The van der Waals surface area contributed by atoms with Crippen molar-refractivity contribution in [2.24, 2.45) is 11.7 Å². The topological polar surface area (TPSA) is 75.4 Å². The Kier molecular flexibility index (Phi) is 3.29. The molecule has 1 amide bonds. The van der Waals surface area contributed by atoms with E-state index in [1.165, 1.54) is 0 Å². The Morgan fingerprint density at radius 1 is 1.32 bits per heavy atom. The Balaban J connectivity index is 1.71. The van der Waals surface area contributed by atoms with E-state index in [1.807, 2.05) is 24.3 Å². The summed E-state index contributed by atoms with van der Waals surface area (Å²) in [5.74, 6) is 0.0451. The van der Waals surface area contributed by atoms with Gasteiger partial charge < -0.3 is 16.2 Å². The van der Waals surface area contributed by atoms with Gasteiger partial charge in [0.2, 0.25) is 5.91 Å². The van der Waals surface area contributed by atoms with Crippen LogP contribution in [-0.4, -0.2) is 23.2 Å². The highest BCUT2D eigenvalue weighted by Gasteiger charge is 2.35. The van der Waals surface area contributed by atoms with Crippen molar-refractivity contribution in [1.82, 2.24) is 5.32 Å². The van der Waals surface area contributed by atoms with E-state index in [0.717, 1.165) is 30.4 Å². The number of nitrogens with one attached hydrogen (secondary N) is 1. The van der Waals surface area contributed by atoms with Crippen LogP contribution in [0.15, 0.2) is 24.3 Å². The fourth-order valence-corrected chi connectivity index (χ4v) is 3.27. The maximum Gasteiger partial charge on any atom is 0.223 e. The highest BCUT2D eigenvalue weighted by molar-refractivity contribution is 5.79. The smallest absolute Gasteiger partial charge is 0.223 e. The fourth-order valence-electron chi connectivity index (χ4n) is 3.27. The molecule has 4 atom stereocenters. The fraction of sp³-hybridized carbons (Fsp3) is 0.533. The summed E-state index contributed by atoms with van der Waals surface area (Å²) in [7, 11) is 0. The van der Waals surface area contributed by atoms with Crippen LogP contribution in [0.4, 0.5) is 0 Å². The molecule has 4 heteroatoms. The van der Waals surface area contributed by atoms with E-state index in [9.17, 15) is 9.90 Å². The van der Waals surface area contributed by atoms with Crippen LogP contribution in [0.1, 0.15) is 36.4 Å². The van der Waals surface area contributed by atoms with Crippen LogP contribution in [0.2, 0.25) is 0 Å². The standard InChI is InChI=1S/C15H20N2O2/c16-11-6-5-10(7-11)15(19)17-14-12-4-2-1-3-9(12)8-13(14)18/h1-4,10-11,13-14,18H,5-8,16H2,(H,17,19)/t10?,11?,13-,14+/m0/s1. The van der Waals surface area contributed by atoms with Crippen LogP contribution in [0, 0.1) is 5.92 Å². The average Bonchev–Trinajstić information content (AvgIpc) is 2.95. The third-order valence-corrected chi connectivity index (χ3v) is 4.35. The Morgan fingerprint density at radius 2 is 2.11 bits per heavy atom. The molecule has 1 saturated carbocycles. The first-order valence-corrected chi connectivity index (χ1v) is 6.97. The molecular weight excluding hydrogens is 240 g/mol. The predicted molar refractivity (Wildman–Crippen MR) is 72.4 cm³/mol. The van der Waals surface area contributed by atoms with Crippen molar-refractivity contribution < 1.29 is 9.90 Å². The van der Waals surface area contributed by atoms with Crippen molar-refractivity contribution in [2.75, 3.05) is 0 Å². The lowest BCUT2D eigenvalue weighted by Gasteiger charge is -2.20. The first-order chi connectivity index (χ1) is 9.15. The van der Waals surface area contributed by atoms with Crippen molar-refractivity contribution in [3.63, 3.8) is 0 Å². The van der Waals surface area contributed by atoms with Gasteiger partial charge in [-0.15, -0.1) is 0 Å². The zero-order valence-corrected chi connectivity index (χ0v) is 10.9. The van der Waals surface area contributed by atoms with Crippen molar-refractivity contribution in [3.8, 4) is 0 Å². The Morgan fingerprint density at radius 3 is 2.84 bits per heavy atom. The molecular formula is C15H20N2O2. The molecule has 0 bridgehead atoms. The molecule has 4 N–H and O–H groups in total. The summed E-state index contributed by atoms with van der Waals surface area (Å²) in [5.41, 5.74) is 8.02. The predicted octanol–water partition coefficient (Wildman–Crippen LogP) is 0.888. The molecule has 0 radical (unpaired) electrons. The zero-order chi connectivity index (χ0) is 13.4. The second-order valence-electron chi connectivity index (χ2n) is 5.73. The monoisotopic (exact) mass is 260 g/mol. The number of benzene rings is 1. The summed E-state index contributed by atoms with van der Waals surface area (Å²) >= 11 is 0. The Bertz CT molecular complexity index is 489. The largest absolute Gasteiger partial charge is 0.390 e. The minimum absolute atomic E-state index is 0.00922. The number of carbonyl (C=O) groups excluding carboxylic acids is 1. The lowest BCUT2D eigenvalue weighted by atomic mass is 10.0. The molecule has 4 nitrogen and oxygen atoms in total. The summed E-state index contributed by atoms with van der Waals surface area (Å²) in [6.07, 6.45) is 2.64. The third kappa shape index (κ3) is 2.38. The van der Waals surface area contributed by atoms with Gasteiger partial charge in [-0.25, -0.2) is 0 Å². The minimum Gasteiger partial charge on any atom is -0.390 e. The maximum absolute atomic E-state index is 12.2. The first-order valence-electron chi connectivity index (χ1n) is 6.97. The molecule has 19 heavy (non-hydrogen) atoms. The number of rotatable bonds is 2. The van der Waals surface area contributed by atoms with Crippen molar-refractivity contribution >= 4 is 5.91 Å². The van der Waals surface area contributed by atoms with Crippen molar-refractivity contribution in [2.45, 2.75) is 43.9 Å². The highest BCUT2D eigenvalue weighted by Crippen LogP contribution is 2.32. The van der Waals surface area contributed by atoms with Crippen LogP contribution in [0.25, 0.3) is 0 Å². The van der Waals surface area contributed by atoms with Gasteiger partial charge in [-0.1, -0.05) is 24.3 Å². The van der Waals surface area contributed by atoms with Crippen molar-refractivity contribution in [3.05, 3.63) is 35.4 Å². The number of hydrogen-bond donors (Lipinski definition) is 3. The number of amides is 1. The lowest BCUT2D eigenvalue weighted by molar-refractivity contribution is -0.126. The Labute approximate surface area is 113 Å². The molecule has 0 aliphatic heterocycles. The number of fused-ring (bicyclic) bond motifs is 1. The van der Waals surface area contributed by atoms with Crippen LogP contribution >= 0.6 is 0 Å². The second kappa shape index (κ2) is 4.94. The average molecular weight is 260 g/mol. The molecule has 0 heterocycles. The summed E-state index contributed by atoms with van der Waals surface area (Å²) in [5, 5.41) is 13.1. The van der Waals surface area contributed by atoms with Gasteiger partial charge in [0.05, 0.1) is 12.1 Å². The molecule has 102 valence electrons. The number of nitrogens with two attached hydrogens (primary N) is 1. The Hall–Kier alpha value is -1.39. The molecule has 3 rings (SSSR count). The van der Waals surface area contributed by atoms with E-state index in [2.05, 4.69) is 5.32 Å². The molecule has 2 unspecified atom stereocenters. The summed E-state index contributed by atoms with van der Waals surface area (Å²) < 4.78 is 0. The zero-order valence-electron chi connectivity index (χ0n) is 10.9. The van der Waals surface area contributed by atoms with Gasteiger partial charge in [0.25, 0.3) is 0 Å². The molecule has 1 aromatic carbocycles. The van der Waals surface area contributed by atoms with E-state index in [0.29, 0.717) is 6.42 Å². The summed E-state index contributed by atoms with van der Waals surface area (Å²) in [6, 6.07) is 7.79. The van der Waals surface area contributed by atoms with E-state index < -0.39 is 6.10 Å². The summed E-state index contributed by atoms with van der Waals surface area (Å²) in [4.78, 5) is 12.2. The van der Waals surface area contributed by atoms with Gasteiger partial charge >= 0.3 is 0 Å². The van der Waals surface area contributed by atoms with E-state index in [4.69, 9.17) is 5.73 Å². The molecule has 1 aromatic rings. The molecule has 2 aliphatic rings. The molecule has 0 spiro atoms. The van der Waals surface area contributed by atoms with Gasteiger partial charge in [0, 0.05) is 18.4 Å². The van der Waals surface area contributed by atoms with Crippen molar-refractivity contribution in [1.29, 1.82) is 0 Å². The molecule has 0 aromatic heterocycles. The van der Waals surface area contributed by atoms with Crippen LogP contribution < -0.4 is 11.1 Å². The van der Waals surface area contributed by atoms with Crippen LogP contribution in [0.5, 0.6) is 0 Å². The molecule has 2 aliphatic carbocycles. The minimum atomic E-state index is -0.517. The van der Waals surface area contributed by atoms with Gasteiger partial charge in [0.15, 0.2) is 0 Å². The van der Waals surface area contributed by atoms with Gasteiger partial charge in [-0.2, -0.15) is 0 Å². The van der Waals surface area contributed by atoms with Crippen LogP contribution in [-0.2, 0) is 11.2 Å². The first kappa shape index (κ1) is 12.6. The van der Waals surface area contributed by atoms with E-state index >= 15 is 0 Å². The SMILES string of the molecule is NC1CCC(C(=O)N[C@@H]2c3ccccc3C[C@@H]2O)C1. The number of hydrogen-bond acceptors (Lipinski definition) is 3. The molecule has 1 fully saturated rings. The number of carbonyl (C=O) groups is 1. The highest BCUT2D eigenvalue weighted by atomic mass is 16.3. The van der Waals surface area contributed by atoms with Gasteiger partial charge in [-0.3, -0.25) is 4.79 Å².